The molecule has 2 fully saturated rings. The van der Waals surface area contributed by atoms with Crippen molar-refractivity contribution >= 4 is 23.6 Å². The number of hydrogen-bond acceptors (Lipinski definition) is 6. The highest BCUT2D eigenvalue weighted by atomic mass is 16.6. The average Bonchev–Trinajstić information content (AvgIpc) is 3.20. The predicted octanol–water partition coefficient (Wildman–Crippen LogP) is 3.98. The van der Waals surface area contributed by atoms with E-state index in [2.05, 4.69) is 11.4 Å². The molecule has 0 radical (unpaired) electrons. The molecule has 0 spiro atoms. The van der Waals surface area contributed by atoms with Gasteiger partial charge in [0.05, 0.1) is 18.6 Å². The number of likely N-dealkylation sites (N-methyl/N-ethyl adjacent to an activating group) is 1. The molecule has 3 amide bonds. The molecule has 2 bridgehead atoms. The average molecular weight is 545 g/mol. The maximum absolute atomic E-state index is 13.8. The third kappa shape index (κ3) is 5.41. The van der Waals surface area contributed by atoms with Crippen molar-refractivity contribution in [1.29, 1.82) is 5.26 Å². The molecule has 2 aromatic rings. The van der Waals surface area contributed by atoms with E-state index in [1.165, 1.54) is 4.90 Å². The minimum Gasteiger partial charge on any atom is -0.444 e. The van der Waals surface area contributed by atoms with Crippen molar-refractivity contribution in [3.8, 4) is 17.2 Å². The van der Waals surface area contributed by atoms with Crippen LogP contribution >= 0.6 is 0 Å². The molecule has 2 unspecified atom stereocenters. The summed E-state index contributed by atoms with van der Waals surface area (Å²) in [4.78, 5) is 42.1. The number of rotatable bonds is 5. The molecule has 0 saturated carbocycles. The zero-order chi connectivity index (χ0) is 28.7. The Balaban J connectivity index is 1.29. The normalized spacial score (nSPS) is 22.8. The number of fused-ring (bicyclic) bond motifs is 3. The van der Waals surface area contributed by atoms with Crippen LogP contribution in [0, 0.1) is 11.3 Å². The van der Waals surface area contributed by atoms with Crippen LogP contribution in [0.25, 0.3) is 11.1 Å². The second-order valence-electron chi connectivity index (χ2n) is 11.9. The Morgan fingerprint density at radius 2 is 1.93 bits per heavy atom. The van der Waals surface area contributed by atoms with Crippen molar-refractivity contribution in [2.75, 3.05) is 25.1 Å². The summed E-state index contributed by atoms with van der Waals surface area (Å²) in [6.45, 7) is 6.13. The molecule has 2 saturated heterocycles. The molecule has 5 rings (SSSR count). The van der Waals surface area contributed by atoms with E-state index in [1.54, 1.807) is 32.7 Å². The molecule has 40 heavy (non-hydrogen) atoms. The van der Waals surface area contributed by atoms with Gasteiger partial charge < -0.3 is 19.7 Å². The minimum absolute atomic E-state index is 0.0883. The van der Waals surface area contributed by atoms with Gasteiger partial charge in [-0.1, -0.05) is 36.4 Å². The van der Waals surface area contributed by atoms with Gasteiger partial charge in [0.15, 0.2) is 0 Å². The van der Waals surface area contributed by atoms with E-state index in [1.807, 2.05) is 42.5 Å². The molecule has 3 aliphatic rings. The van der Waals surface area contributed by atoms with Crippen molar-refractivity contribution < 1.29 is 23.9 Å². The van der Waals surface area contributed by atoms with E-state index in [4.69, 9.17) is 9.47 Å². The number of nitrogens with zero attached hydrogens (tertiary/aromatic N) is 3. The summed E-state index contributed by atoms with van der Waals surface area (Å²) in [6, 6.07) is 15.3. The van der Waals surface area contributed by atoms with Gasteiger partial charge in [0.2, 0.25) is 11.8 Å². The maximum atomic E-state index is 13.8. The molecular weight excluding hydrogens is 508 g/mol. The third-order valence-corrected chi connectivity index (χ3v) is 8.01. The number of ether oxygens (including phenoxy) is 2. The Morgan fingerprint density at radius 1 is 1.20 bits per heavy atom. The molecule has 1 N–H and O–H groups in total. The van der Waals surface area contributed by atoms with Gasteiger partial charge in [0, 0.05) is 45.1 Å². The number of anilines is 1. The summed E-state index contributed by atoms with van der Waals surface area (Å²) in [5.74, 6) is -0.253. The first kappa shape index (κ1) is 27.7. The molecule has 0 aromatic heterocycles. The molecule has 3 aliphatic heterocycles. The fourth-order valence-electron chi connectivity index (χ4n) is 5.87. The minimum atomic E-state index is -1.11. The smallest absolute Gasteiger partial charge is 0.411 e. The van der Waals surface area contributed by atoms with Crippen molar-refractivity contribution in [2.24, 2.45) is 0 Å². The quantitative estimate of drug-likeness (QED) is 0.610. The fraction of sp³-hybridized carbons (Fsp3) is 0.484. The summed E-state index contributed by atoms with van der Waals surface area (Å²) in [6.07, 6.45) is 1.50. The molecule has 210 valence electrons. The fourth-order valence-corrected chi connectivity index (χ4v) is 5.87. The first-order valence-corrected chi connectivity index (χ1v) is 13.8. The lowest BCUT2D eigenvalue weighted by Gasteiger charge is -2.51. The van der Waals surface area contributed by atoms with E-state index < -0.39 is 23.3 Å². The SMILES string of the molecule is CN1C(=O)Cc2ccc(-c3ccc(C[C@@H](C#N)NC(=O)C45CCOC(CCN4C(=O)OC(C)(C)C)C5)cc3)cc21. The molecule has 2 aromatic carbocycles. The standard InChI is InChI=1S/C31H36N4O5/c1-30(2,3)40-29(38)35-13-11-25-18-31(35,12-14-39-25)28(37)33-24(19-32)15-20-5-7-21(8-6-20)22-9-10-23-17-27(36)34(4)26(23)16-22/h5-10,16,24-25H,11-15,17-18H2,1-4H3,(H,33,37)/t24-,25?,31?/m0/s1. The number of amides is 3. The van der Waals surface area contributed by atoms with Gasteiger partial charge in [-0.2, -0.15) is 5.26 Å². The number of benzene rings is 2. The van der Waals surface area contributed by atoms with Crippen molar-refractivity contribution in [3.63, 3.8) is 0 Å². The van der Waals surface area contributed by atoms with Gasteiger partial charge >= 0.3 is 6.09 Å². The molecule has 3 heterocycles. The van der Waals surface area contributed by atoms with Crippen LogP contribution < -0.4 is 10.2 Å². The van der Waals surface area contributed by atoms with Gasteiger partial charge in [-0.05, 0) is 55.5 Å². The van der Waals surface area contributed by atoms with Crippen LogP contribution in [0.15, 0.2) is 42.5 Å². The van der Waals surface area contributed by atoms with Crippen LogP contribution in [0.4, 0.5) is 10.5 Å². The zero-order valence-electron chi connectivity index (χ0n) is 23.5. The van der Waals surface area contributed by atoms with Crippen LogP contribution in [-0.4, -0.2) is 66.3 Å². The van der Waals surface area contributed by atoms with E-state index in [9.17, 15) is 19.6 Å². The highest BCUT2D eigenvalue weighted by molar-refractivity contribution is 6.01. The summed E-state index contributed by atoms with van der Waals surface area (Å²) in [5, 5.41) is 12.8. The predicted molar refractivity (Wildman–Crippen MR) is 150 cm³/mol. The topological polar surface area (TPSA) is 112 Å². The number of carbonyl (C=O) groups excluding carboxylic acids is 3. The lowest BCUT2D eigenvalue weighted by atomic mass is 9.79. The van der Waals surface area contributed by atoms with E-state index in [0.29, 0.717) is 45.3 Å². The number of carbonyl (C=O) groups is 3. The lowest BCUT2D eigenvalue weighted by Crippen LogP contribution is -2.68. The van der Waals surface area contributed by atoms with Crippen LogP contribution in [0.2, 0.25) is 0 Å². The summed E-state index contributed by atoms with van der Waals surface area (Å²) in [7, 11) is 1.79. The molecule has 9 heteroatoms. The van der Waals surface area contributed by atoms with E-state index >= 15 is 0 Å². The monoisotopic (exact) mass is 544 g/mol. The van der Waals surface area contributed by atoms with Crippen LogP contribution in [-0.2, 0) is 31.9 Å². The summed E-state index contributed by atoms with van der Waals surface area (Å²) >= 11 is 0. The van der Waals surface area contributed by atoms with Gasteiger partial charge in [0.1, 0.15) is 17.2 Å². The Labute approximate surface area is 235 Å². The molecular formula is C31H36N4O5. The molecule has 0 aliphatic carbocycles. The summed E-state index contributed by atoms with van der Waals surface area (Å²) in [5.41, 5.74) is 3.06. The lowest BCUT2D eigenvalue weighted by molar-refractivity contribution is -0.154. The van der Waals surface area contributed by atoms with Gasteiger partial charge in [-0.3, -0.25) is 14.5 Å². The highest BCUT2D eigenvalue weighted by Crippen LogP contribution is 2.38. The van der Waals surface area contributed by atoms with Gasteiger partial charge in [-0.15, -0.1) is 0 Å². The second-order valence-corrected chi connectivity index (χ2v) is 11.9. The first-order chi connectivity index (χ1) is 19.0. The Bertz CT molecular complexity index is 1360. The van der Waals surface area contributed by atoms with E-state index in [-0.39, 0.29) is 17.9 Å². The second kappa shape index (κ2) is 10.6. The highest BCUT2D eigenvalue weighted by Gasteiger charge is 2.54. The van der Waals surface area contributed by atoms with Crippen LogP contribution in [0.1, 0.15) is 51.2 Å². The summed E-state index contributed by atoms with van der Waals surface area (Å²) < 4.78 is 11.5. The van der Waals surface area contributed by atoms with Gasteiger partial charge in [-0.25, -0.2) is 4.79 Å². The number of nitrogens with one attached hydrogen (secondary N) is 1. The zero-order valence-corrected chi connectivity index (χ0v) is 23.5. The Hall–Kier alpha value is -3.90. The third-order valence-electron chi connectivity index (χ3n) is 8.01. The van der Waals surface area contributed by atoms with Crippen molar-refractivity contribution in [2.45, 2.75) is 76.2 Å². The van der Waals surface area contributed by atoms with Gasteiger partial charge in [0.25, 0.3) is 0 Å². The van der Waals surface area contributed by atoms with E-state index in [0.717, 1.165) is 27.9 Å². The number of likely N-dealkylation sites (tertiary alicyclic amines) is 1. The first-order valence-electron chi connectivity index (χ1n) is 13.8. The Morgan fingerprint density at radius 3 is 2.62 bits per heavy atom. The Kier molecular flexibility index (Phi) is 7.32. The molecule has 9 nitrogen and oxygen atoms in total. The van der Waals surface area contributed by atoms with Crippen LogP contribution in [0.5, 0.6) is 0 Å². The van der Waals surface area contributed by atoms with Crippen molar-refractivity contribution in [1.82, 2.24) is 10.2 Å². The largest absolute Gasteiger partial charge is 0.444 e. The molecule has 3 atom stereocenters. The van der Waals surface area contributed by atoms with Crippen molar-refractivity contribution in [3.05, 3.63) is 53.6 Å². The number of piperidine rings is 1. The van der Waals surface area contributed by atoms with Crippen LogP contribution in [0.3, 0.4) is 0 Å². The number of hydrogen-bond donors (Lipinski definition) is 1. The number of nitriles is 1. The maximum Gasteiger partial charge on any atom is 0.411 e.